The molecule has 0 saturated carbocycles. The van der Waals surface area contributed by atoms with Gasteiger partial charge in [-0.1, -0.05) is 6.07 Å². The van der Waals surface area contributed by atoms with E-state index in [9.17, 15) is 14.7 Å². The number of carbonyl (C=O) groups is 2. The van der Waals surface area contributed by atoms with Crippen LogP contribution in [-0.2, 0) is 9.59 Å². The Morgan fingerprint density at radius 2 is 2.36 bits per heavy atom. The van der Waals surface area contributed by atoms with Crippen LogP contribution in [0, 0.1) is 0 Å². The molecule has 0 saturated heterocycles. The number of fused-ring (bicyclic) bond motifs is 1. The van der Waals surface area contributed by atoms with Crippen LogP contribution >= 0.6 is 0 Å². The van der Waals surface area contributed by atoms with E-state index >= 15 is 0 Å². The van der Waals surface area contributed by atoms with E-state index in [1.165, 1.54) is 0 Å². The van der Waals surface area contributed by atoms with E-state index in [0.717, 1.165) is 0 Å². The molecule has 2 heterocycles. The minimum absolute atomic E-state index is 0.298. The van der Waals surface area contributed by atoms with Gasteiger partial charge in [0.1, 0.15) is 0 Å². The first-order valence-corrected chi connectivity index (χ1v) is 4.19. The van der Waals surface area contributed by atoms with Crippen molar-refractivity contribution in [3.8, 4) is 0 Å². The molecule has 5 nitrogen and oxygen atoms in total. The smallest absolute Gasteiger partial charge is 0.353 e. The van der Waals surface area contributed by atoms with Crippen LogP contribution in [0.15, 0.2) is 24.4 Å². The summed E-state index contributed by atoms with van der Waals surface area (Å²) in [6, 6.07) is 4.54. The molecule has 1 aromatic heterocycles. The van der Waals surface area contributed by atoms with Crippen molar-refractivity contribution in [3.63, 3.8) is 0 Å². The molecular formula is C9H8N2O3. The van der Waals surface area contributed by atoms with Crippen LogP contribution in [0.1, 0.15) is 12.5 Å². The van der Waals surface area contributed by atoms with Crippen LogP contribution in [-0.4, -0.2) is 11.9 Å². The topological polar surface area (TPSA) is 73.1 Å². The minimum Gasteiger partial charge on any atom is -0.550 e. The van der Waals surface area contributed by atoms with Gasteiger partial charge in [-0.05, 0) is 6.07 Å². The van der Waals surface area contributed by atoms with Gasteiger partial charge in [-0.2, -0.15) is 0 Å². The molecule has 0 aromatic carbocycles. The van der Waals surface area contributed by atoms with Crippen molar-refractivity contribution >= 4 is 17.7 Å². The van der Waals surface area contributed by atoms with Crippen LogP contribution in [0.4, 0.5) is 5.82 Å². The number of carboxylic acids is 1. The largest absolute Gasteiger partial charge is 0.550 e. The van der Waals surface area contributed by atoms with Crippen molar-refractivity contribution < 1.29 is 19.3 Å². The van der Waals surface area contributed by atoms with Crippen molar-refractivity contribution in [2.45, 2.75) is 12.5 Å². The predicted molar refractivity (Wildman–Crippen MR) is 43.9 cm³/mol. The minimum atomic E-state index is -1.23. The molecular weight excluding hydrogens is 184 g/mol. The van der Waals surface area contributed by atoms with E-state index in [4.69, 9.17) is 0 Å². The zero-order valence-electron chi connectivity index (χ0n) is 7.27. The third-order valence-corrected chi connectivity index (χ3v) is 2.14. The molecule has 1 N–H and O–H groups in total. The Morgan fingerprint density at radius 1 is 1.57 bits per heavy atom. The van der Waals surface area contributed by atoms with Gasteiger partial charge in [-0.15, -0.1) is 0 Å². The summed E-state index contributed by atoms with van der Waals surface area (Å²) in [6.07, 6.45) is 1.37. The highest BCUT2D eigenvalue weighted by atomic mass is 16.4. The van der Waals surface area contributed by atoms with Gasteiger partial charge in [0.05, 0.1) is 6.20 Å². The summed E-state index contributed by atoms with van der Waals surface area (Å²) >= 11 is 0. The standard InChI is InChI=1S/C9H8N2O3/c12-8(13)5-6-9(14)10-7-3-1-2-4-11(6)7/h1-4,6H,5H2,(H,12,13). The first-order chi connectivity index (χ1) is 6.68. The predicted octanol–water partition coefficient (Wildman–Crippen LogP) is -1.39. The molecule has 2 rings (SSSR count). The maximum atomic E-state index is 11.3. The Morgan fingerprint density at radius 3 is 3.07 bits per heavy atom. The van der Waals surface area contributed by atoms with Crippen molar-refractivity contribution in [2.24, 2.45) is 0 Å². The number of aliphatic carboxylic acids is 1. The molecule has 0 radical (unpaired) electrons. The molecule has 72 valence electrons. The van der Waals surface area contributed by atoms with E-state index in [2.05, 4.69) is 5.32 Å². The third kappa shape index (κ3) is 1.32. The number of anilines is 1. The first-order valence-electron chi connectivity index (χ1n) is 4.19. The first kappa shape index (κ1) is 8.68. The van der Waals surface area contributed by atoms with Crippen molar-refractivity contribution in [2.75, 3.05) is 5.32 Å². The number of pyridine rings is 1. The molecule has 0 fully saturated rings. The number of carboxylic acid groups (broad SMARTS) is 1. The quantitative estimate of drug-likeness (QED) is 0.586. The molecule has 1 amide bonds. The highest BCUT2D eigenvalue weighted by molar-refractivity contribution is 5.95. The summed E-state index contributed by atoms with van der Waals surface area (Å²) in [5, 5.41) is 13.0. The second-order valence-electron chi connectivity index (χ2n) is 3.07. The number of amides is 1. The van der Waals surface area contributed by atoms with E-state index in [1.807, 2.05) is 0 Å². The van der Waals surface area contributed by atoms with E-state index in [-0.39, 0.29) is 12.3 Å². The molecule has 5 heteroatoms. The summed E-state index contributed by atoms with van der Waals surface area (Å²) in [5.41, 5.74) is 0. The lowest BCUT2D eigenvalue weighted by Crippen LogP contribution is -2.41. The number of nitrogens with one attached hydrogen (secondary N) is 1. The van der Waals surface area contributed by atoms with Gasteiger partial charge >= 0.3 is 5.91 Å². The molecule has 0 spiro atoms. The lowest BCUT2D eigenvalue weighted by molar-refractivity contribution is -0.688. The van der Waals surface area contributed by atoms with Crippen molar-refractivity contribution in [3.05, 3.63) is 24.4 Å². The number of carbonyl (C=O) groups excluding carboxylic acids is 2. The van der Waals surface area contributed by atoms with Gasteiger partial charge in [0, 0.05) is 18.5 Å². The van der Waals surface area contributed by atoms with Crippen LogP contribution in [0.2, 0.25) is 0 Å². The molecule has 1 aliphatic heterocycles. The summed E-state index contributed by atoms with van der Waals surface area (Å²) in [4.78, 5) is 21.7. The number of rotatable bonds is 2. The van der Waals surface area contributed by atoms with Crippen LogP contribution in [0.5, 0.6) is 0 Å². The zero-order chi connectivity index (χ0) is 10.1. The Kier molecular flexibility index (Phi) is 1.92. The molecule has 0 bridgehead atoms. The second-order valence-corrected chi connectivity index (χ2v) is 3.07. The fourth-order valence-corrected chi connectivity index (χ4v) is 1.52. The summed E-state index contributed by atoms with van der Waals surface area (Å²) in [7, 11) is 0. The Labute approximate surface area is 80.0 Å². The fraction of sp³-hybridized carbons (Fsp3) is 0.222. The van der Waals surface area contributed by atoms with Gasteiger partial charge in [-0.25, -0.2) is 14.7 Å². The normalized spacial score (nSPS) is 18.9. The van der Waals surface area contributed by atoms with Gasteiger partial charge in [0.25, 0.3) is 5.82 Å². The number of nitrogens with zero attached hydrogens (tertiary/aromatic N) is 1. The van der Waals surface area contributed by atoms with Gasteiger partial charge in [0.2, 0.25) is 6.04 Å². The van der Waals surface area contributed by atoms with Crippen molar-refractivity contribution in [1.82, 2.24) is 0 Å². The Balaban J connectivity index is 2.34. The number of aromatic nitrogens is 1. The second kappa shape index (κ2) is 3.10. The summed E-state index contributed by atoms with van der Waals surface area (Å²) < 4.78 is 1.60. The maximum Gasteiger partial charge on any atom is 0.353 e. The average Bonchev–Trinajstić information content (AvgIpc) is 2.43. The highest BCUT2D eigenvalue weighted by Gasteiger charge is 2.37. The van der Waals surface area contributed by atoms with Crippen LogP contribution in [0.25, 0.3) is 0 Å². The lowest BCUT2D eigenvalue weighted by atomic mass is 10.2. The van der Waals surface area contributed by atoms with E-state index in [0.29, 0.717) is 5.82 Å². The van der Waals surface area contributed by atoms with Crippen LogP contribution < -0.4 is 15.0 Å². The molecule has 1 atom stereocenters. The molecule has 1 unspecified atom stereocenters. The summed E-state index contributed by atoms with van der Waals surface area (Å²) in [5.74, 6) is -0.918. The van der Waals surface area contributed by atoms with E-state index in [1.54, 1.807) is 29.0 Å². The fourth-order valence-electron chi connectivity index (χ4n) is 1.52. The average molecular weight is 192 g/mol. The van der Waals surface area contributed by atoms with Crippen molar-refractivity contribution in [1.29, 1.82) is 0 Å². The highest BCUT2D eigenvalue weighted by Crippen LogP contribution is 2.16. The lowest BCUT2D eigenvalue weighted by Gasteiger charge is -2.05. The van der Waals surface area contributed by atoms with E-state index < -0.39 is 12.0 Å². The molecule has 1 aliphatic rings. The Hall–Kier alpha value is -1.91. The monoisotopic (exact) mass is 192 g/mol. The summed E-state index contributed by atoms with van der Waals surface area (Å²) in [6.45, 7) is 0. The molecule has 1 aromatic rings. The maximum absolute atomic E-state index is 11.3. The Bertz CT molecular complexity index is 403. The third-order valence-electron chi connectivity index (χ3n) is 2.14. The number of hydrogen-bond donors (Lipinski definition) is 1. The SMILES string of the molecule is O=C([O-])CC1C(=O)Nc2cccc[n+]21. The van der Waals surface area contributed by atoms with Gasteiger partial charge in [0.15, 0.2) is 0 Å². The molecule has 0 aliphatic carbocycles. The van der Waals surface area contributed by atoms with Crippen LogP contribution in [0.3, 0.4) is 0 Å². The zero-order valence-corrected chi connectivity index (χ0v) is 7.27. The molecule has 14 heavy (non-hydrogen) atoms. The van der Waals surface area contributed by atoms with Gasteiger partial charge < -0.3 is 9.90 Å². The van der Waals surface area contributed by atoms with Gasteiger partial charge in [-0.3, -0.25) is 0 Å². The number of hydrogen-bond acceptors (Lipinski definition) is 3.